The summed E-state index contributed by atoms with van der Waals surface area (Å²) in [6.45, 7) is 1.74. The van der Waals surface area contributed by atoms with Gasteiger partial charge in [0.2, 0.25) is 0 Å². The first-order chi connectivity index (χ1) is 16.0. The third-order valence-corrected chi connectivity index (χ3v) is 6.23. The van der Waals surface area contributed by atoms with Crippen molar-refractivity contribution < 1.29 is 13.6 Å². The fraction of sp³-hybridized carbons (Fsp3) is 0.0400. The lowest BCUT2D eigenvalue weighted by Gasteiger charge is -2.08. The van der Waals surface area contributed by atoms with Crippen molar-refractivity contribution in [2.45, 2.75) is 6.92 Å². The van der Waals surface area contributed by atoms with Crippen molar-refractivity contribution in [2.75, 3.05) is 5.32 Å². The summed E-state index contributed by atoms with van der Waals surface area (Å²) in [6, 6.07) is 20.5. The second kappa shape index (κ2) is 8.69. The Morgan fingerprint density at radius 2 is 1.85 bits per heavy atom. The third-order valence-electron chi connectivity index (χ3n) is 5.09. The van der Waals surface area contributed by atoms with Gasteiger partial charge in [-0.25, -0.2) is 9.07 Å². The first-order valence-electron chi connectivity index (χ1n) is 10.1. The van der Waals surface area contributed by atoms with Crippen molar-refractivity contribution in [3.63, 3.8) is 0 Å². The predicted octanol–water partition coefficient (Wildman–Crippen LogP) is 7.21. The Morgan fingerprint density at radius 1 is 1.09 bits per heavy atom. The van der Waals surface area contributed by atoms with Crippen molar-refractivity contribution in [3.05, 3.63) is 100 Å². The van der Waals surface area contributed by atoms with Gasteiger partial charge in [-0.05, 0) is 73.0 Å². The molecule has 164 valence electrons. The molecule has 0 atom stereocenters. The van der Waals surface area contributed by atoms with Crippen LogP contribution in [-0.2, 0) is 0 Å². The van der Waals surface area contributed by atoms with Gasteiger partial charge in [0, 0.05) is 16.7 Å². The number of rotatable bonds is 5. The van der Waals surface area contributed by atoms with Crippen molar-refractivity contribution in [1.82, 2.24) is 9.78 Å². The summed E-state index contributed by atoms with van der Waals surface area (Å²) >= 11 is 7.51. The number of halogens is 2. The molecule has 5 nitrogen and oxygen atoms in total. The molecule has 0 aliphatic rings. The maximum atomic E-state index is 13.5. The van der Waals surface area contributed by atoms with Crippen LogP contribution in [0.3, 0.4) is 0 Å². The first-order valence-corrected chi connectivity index (χ1v) is 11.3. The minimum absolute atomic E-state index is 0.336. The summed E-state index contributed by atoms with van der Waals surface area (Å²) in [5.41, 5.74) is 2.55. The number of furan rings is 1. The van der Waals surface area contributed by atoms with Crippen LogP contribution in [0, 0.1) is 12.7 Å². The molecule has 33 heavy (non-hydrogen) atoms. The van der Waals surface area contributed by atoms with E-state index in [0.29, 0.717) is 39.3 Å². The summed E-state index contributed by atoms with van der Waals surface area (Å²) in [5.74, 6) is 0.837. The summed E-state index contributed by atoms with van der Waals surface area (Å²) < 4.78 is 20.9. The topological polar surface area (TPSA) is 60.1 Å². The molecule has 3 heterocycles. The number of anilines is 1. The quantitative estimate of drug-likeness (QED) is 0.291. The van der Waals surface area contributed by atoms with E-state index in [1.807, 2.05) is 29.6 Å². The molecule has 1 amide bonds. The highest BCUT2D eigenvalue weighted by atomic mass is 35.5. The summed E-state index contributed by atoms with van der Waals surface area (Å²) in [7, 11) is 0. The van der Waals surface area contributed by atoms with Gasteiger partial charge in [-0.2, -0.15) is 5.10 Å². The Bertz CT molecular complexity index is 1420. The Morgan fingerprint density at radius 3 is 2.55 bits per heavy atom. The molecule has 0 aliphatic heterocycles. The predicted molar refractivity (Wildman–Crippen MR) is 129 cm³/mol. The highest BCUT2D eigenvalue weighted by Gasteiger charge is 2.20. The molecule has 0 saturated carbocycles. The maximum absolute atomic E-state index is 13.5. The minimum atomic E-state index is -0.348. The Balaban J connectivity index is 1.49. The molecule has 5 aromatic rings. The molecular formula is C25H17ClFN3O2S. The number of benzene rings is 2. The average Bonchev–Trinajstić information content (AvgIpc) is 3.55. The standard InChI is InChI=1S/C25H17ClFN3O2S/c1-15-20(13-22(32-15)16-4-6-17(26)7-5-16)25(31)28-24-14-21(23-3-2-12-33-23)29-30(24)19-10-8-18(27)9-11-19/h2-14H,1H3,(H,28,31). The second-order valence-corrected chi connectivity index (χ2v) is 8.71. The minimum Gasteiger partial charge on any atom is -0.461 e. The van der Waals surface area contributed by atoms with Crippen LogP contribution in [0.1, 0.15) is 16.1 Å². The van der Waals surface area contributed by atoms with Gasteiger partial charge < -0.3 is 9.73 Å². The largest absolute Gasteiger partial charge is 0.461 e. The zero-order valence-corrected chi connectivity index (χ0v) is 19.0. The molecule has 1 N–H and O–H groups in total. The van der Waals surface area contributed by atoms with Gasteiger partial charge in [0.25, 0.3) is 5.91 Å². The van der Waals surface area contributed by atoms with Gasteiger partial charge in [0.15, 0.2) is 0 Å². The van der Waals surface area contributed by atoms with E-state index < -0.39 is 0 Å². The number of carbonyl (C=O) groups excluding carboxylic acids is 1. The van der Waals surface area contributed by atoms with Crippen LogP contribution >= 0.6 is 22.9 Å². The van der Waals surface area contributed by atoms with Crippen molar-refractivity contribution in [3.8, 4) is 27.6 Å². The number of hydrogen-bond acceptors (Lipinski definition) is 4. The van der Waals surface area contributed by atoms with Crippen LogP contribution in [-0.4, -0.2) is 15.7 Å². The average molecular weight is 478 g/mol. The molecule has 5 rings (SSSR count). The van der Waals surface area contributed by atoms with Crippen molar-refractivity contribution in [2.24, 2.45) is 0 Å². The van der Waals surface area contributed by atoms with Crippen LogP contribution in [0.25, 0.3) is 27.6 Å². The normalized spacial score (nSPS) is 11.0. The highest BCUT2D eigenvalue weighted by molar-refractivity contribution is 7.13. The molecule has 0 unspecified atom stereocenters. The van der Waals surface area contributed by atoms with E-state index in [-0.39, 0.29) is 11.7 Å². The van der Waals surface area contributed by atoms with Gasteiger partial charge in [0.1, 0.15) is 28.8 Å². The zero-order chi connectivity index (χ0) is 22.9. The first kappa shape index (κ1) is 21.2. The molecule has 0 fully saturated rings. The number of amides is 1. The van der Waals surface area contributed by atoms with Crippen LogP contribution < -0.4 is 5.32 Å². The van der Waals surface area contributed by atoms with Gasteiger partial charge in [-0.3, -0.25) is 4.79 Å². The molecular weight excluding hydrogens is 461 g/mol. The lowest BCUT2D eigenvalue weighted by atomic mass is 10.1. The molecule has 0 radical (unpaired) electrons. The number of aryl methyl sites for hydroxylation is 1. The number of nitrogens with one attached hydrogen (secondary N) is 1. The smallest absolute Gasteiger partial charge is 0.260 e. The monoisotopic (exact) mass is 477 g/mol. The molecule has 0 saturated heterocycles. The number of thiophene rings is 1. The van der Waals surface area contributed by atoms with Crippen molar-refractivity contribution in [1.29, 1.82) is 0 Å². The van der Waals surface area contributed by atoms with E-state index >= 15 is 0 Å². The highest BCUT2D eigenvalue weighted by Crippen LogP contribution is 2.30. The van der Waals surface area contributed by atoms with Gasteiger partial charge in [0.05, 0.1) is 16.1 Å². The summed E-state index contributed by atoms with van der Waals surface area (Å²) in [6.07, 6.45) is 0. The number of aromatic nitrogens is 2. The van der Waals surface area contributed by atoms with E-state index in [2.05, 4.69) is 10.4 Å². The Kier molecular flexibility index (Phi) is 5.58. The fourth-order valence-corrected chi connectivity index (χ4v) is 4.25. The number of carbonyl (C=O) groups is 1. The summed E-state index contributed by atoms with van der Waals surface area (Å²) in [4.78, 5) is 14.1. The zero-order valence-electron chi connectivity index (χ0n) is 17.4. The van der Waals surface area contributed by atoms with Crippen LogP contribution in [0.15, 0.2) is 82.6 Å². The van der Waals surface area contributed by atoms with E-state index in [0.717, 1.165) is 10.4 Å². The fourth-order valence-electron chi connectivity index (χ4n) is 3.44. The van der Waals surface area contributed by atoms with Crippen LogP contribution in [0.4, 0.5) is 10.2 Å². The van der Waals surface area contributed by atoms with Gasteiger partial charge in [-0.1, -0.05) is 17.7 Å². The second-order valence-electron chi connectivity index (χ2n) is 7.32. The molecule has 0 aliphatic carbocycles. The van der Waals surface area contributed by atoms with Gasteiger partial charge in [-0.15, -0.1) is 11.3 Å². The van der Waals surface area contributed by atoms with Gasteiger partial charge >= 0.3 is 0 Å². The molecule has 0 spiro atoms. The van der Waals surface area contributed by atoms with Crippen LogP contribution in [0.2, 0.25) is 5.02 Å². The van der Waals surface area contributed by atoms with E-state index in [1.54, 1.807) is 59.3 Å². The lowest BCUT2D eigenvalue weighted by Crippen LogP contribution is -2.15. The SMILES string of the molecule is Cc1oc(-c2ccc(Cl)cc2)cc1C(=O)Nc1cc(-c2cccs2)nn1-c1ccc(F)cc1. The van der Waals surface area contributed by atoms with E-state index in [4.69, 9.17) is 16.0 Å². The molecule has 2 aromatic carbocycles. The lowest BCUT2D eigenvalue weighted by molar-refractivity contribution is 0.102. The molecule has 3 aromatic heterocycles. The number of hydrogen-bond donors (Lipinski definition) is 1. The molecule has 0 bridgehead atoms. The number of nitrogens with zero attached hydrogens (tertiary/aromatic N) is 2. The van der Waals surface area contributed by atoms with Crippen LogP contribution in [0.5, 0.6) is 0 Å². The van der Waals surface area contributed by atoms with Crippen molar-refractivity contribution >= 4 is 34.7 Å². The maximum Gasteiger partial charge on any atom is 0.260 e. The van der Waals surface area contributed by atoms with E-state index in [1.165, 1.54) is 12.1 Å². The van der Waals surface area contributed by atoms with E-state index in [9.17, 15) is 9.18 Å². The Labute approximate surface area is 198 Å². The molecule has 8 heteroatoms. The Hall–Kier alpha value is -3.68. The summed E-state index contributed by atoms with van der Waals surface area (Å²) in [5, 5.41) is 10.1. The third kappa shape index (κ3) is 4.33.